The van der Waals surface area contributed by atoms with E-state index < -0.39 is 16.8 Å². The summed E-state index contributed by atoms with van der Waals surface area (Å²) < 4.78 is 38.4. The van der Waals surface area contributed by atoms with Gasteiger partial charge in [0.2, 0.25) is 0 Å². The van der Waals surface area contributed by atoms with Crippen LogP contribution in [0, 0.1) is 17.0 Å². The van der Waals surface area contributed by atoms with Crippen LogP contribution in [0.3, 0.4) is 0 Å². The highest BCUT2D eigenvalue weighted by Gasteiger charge is 2.33. The van der Waals surface area contributed by atoms with E-state index >= 15 is 0 Å². The van der Waals surface area contributed by atoms with E-state index in [0.29, 0.717) is 11.3 Å². The predicted molar refractivity (Wildman–Crippen MR) is 60.0 cm³/mol. The van der Waals surface area contributed by atoms with Gasteiger partial charge in [-0.1, -0.05) is 0 Å². The van der Waals surface area contributed by atoms with Gasteiger partial charge < -0.3 is 4.57 Å². The number of rotatable bonds is 2. The Balaban J connectivity index is 2.40. The summed E-state index contributed by atoms with van der Waals surface area (Å²) in [7, 11) is 0. The zero-order valence-corrected chi connectivity index (χ0v) is 9.68. The number of aryl methyl sites for hydroxylation is 1. The quantitative estimate of drug-likeness (QED) is 0.622. The first-order chi connectivity index (χ1) is 8.79. The molecule has 19 heavy (non-hydrogen) atoms. The summed E-state index contributed by atoms with van der Waals surface area (Å²) in [5, 5.41) is 10.6. The lowest BCUT2D eigenvalue weighted by molar-refractivity contribution is -0.385. The monoisotopic (exact) mass is 271 g/mol. The Morgan fingerprint density at radius 1 is 1.37 bits per heavy atom. The first-order valence-corrected chi connectivity index (χ1v) is 5.15. The number of hydrogen-bond acceptors (Lipinski definition) is 3. The third-order valence-electron chi connectivity index (χ3n) is 2.55. The van der Waals surface area contributed by atoms with Gasteiger partial charge in [-0.05, 0) is 19.1 Å². The molecule has 0 aliphatic rings. The van der Waals surface area contributed by atoms with Crippen LogP contribution in [0.4, 0.5) is 18.9 Å². The summed E-state index contributed by atoms with van der Waals surface area (Å²) >= 11 is 0. The van der Waals surface area contributed by atoms with E-state index in [1.807, 2.05) is 0 Å². The normalized spacial score (nSPS) is 11.6. The lowest BCUT2D eigenvalue weighted by atomic mass is 10.2. The van der Waals surface area contributed by atoms with E-state index in [9.17, 15) is 23.3 Å². The van der Waals surface area contributed by atoms with Crippen LogP contribution in [0.1, 0.15) is 11.3 Å². The molecule has 0 fully saturated rings. The van der Waals surface area contributed by atoms with Crippen molar-refractivity contribution in [3.8, 4) is 5.69 Å². The summed E-state index contributed by atoms with van der Waals surface area (Å²) in [4.78, 5) is 13.4. The SMILES string of the molecule is Cc1cc(-n2cnc(C(F)(F)F)c2)ccc1[N+](=O)[O-]. The highest BCUT2D eigenvalue weighted by Crippen LogP contribution is 2.28. The fraction of sp³-hybridized carbons (Fsp3) is 0.182. The summed E-state index contributed by atoms with van der Waals surface area (Å²) in [6.07, 6.45) is -2.66. The first kappa shape index (κ1) is 13.1. The van der Waals surface area contributed by atoms with Crippen LogP contribution in [0.5, 0.6) is 0 Å². The molecule has 1 aromatic carbocycles. The van der Waals surface area contributed by atoms with Crippen molar-refractivity contribution in [1.29, 1.82) is 0 Å². The standard InChI is InChI=1S/C11H8F3N3O2/c1-7-4-8(2-3-9(7)17(18)19)16-5-10(15-6-16)11(12,13)14/h2-6H,1H3. The van der Waals surface area contributed by atoms with Crippen LogP contribution >= 0.6 is 0 Å². The molecule has 0 saturated carbocycles. The largest absolute Gasteiger partial charge is 0.434 e. The van der Waals surface area contributed by atoms with Crippen LogP contribution < -0.4 is 0 Å². The van der Waals surface area contributed by atoms with E-state index in [4.69, 9.17) is 0 Å². The molecule has 0 unspecified atom stereocenters. The van der Waals surface area contributed by atoms with Crippen molar-refractivity contribution in [3.05, 3.63) is 52.1 Å². The minimum absolute atomic E-state index is 0.0834. The number of aromatic nitrogens is 2. The van der Waals surface area contributed by atoms with Gasteiger partial charge in [0.05, 0.1) is 11.3 Å². The zero-order valence-electron chi connectivity index (χ0n) is 9.68. The average molecular weight is 271 g/mol. The van der Waals surface area contributed by atoms with E-state index in [0.717, 1.165) is 12.5 Å². The zero-order chi connectivity index (χ0) is 14.2. The Kier molecular flexibility index (Phi) is 3.01. The lowest BCUT2D eigenvalue weighted by Crippen LogP contribution is -2.04. The molecule has 0 spiro atoms. The van der Waals surface area contributed by atoms with Crippen molar-refractivity contribution in [2.24, 2.45) is 0 Å². The molecule has 2 aromatic rings. The van der Waals surface area contributed by atoms with Gasteiger partial charge in [0.25, 0.3) is 5.69 Å². The number of benzene rings is 1. The van der Waals surface area contributed by atoms with Crippen molar-refractivity contribution >= 4 is 5.69 Å². The van der Waals surface area contributed by atoms with Gasteiger partial charge in [-0.3, -0.25) is 10.1 Å². The molecule has 8 heteroatoms. The van der Waals surface area contributed by atoms with Gasteiger partial charge in [-0.15, -0.1) is 0 Å². The van der Waals surface area contributed by atoms with Crippen LogP contribution in [0.25, 0.3) is 5.69 Å². The molecule has 0 radical (unpaired) electrons. The maximum atomic E-state index is 12.4. The van der Waals surface area contributed by atoms with Gasteiger partial charge >= 0.3 is 6.18 Å². The molecule has 0 aliphatic heterocycles. The topological polar surface area (TPSA) is 61.0 Å². The number of halogens is 3. The molecule has 1 aromatic heterocycles. The van der Waals surface area contributed by atoms with Gasteiger partial charge in [0, 0.05) is 23.5 Å². The Morgan fingerprint density at radius 3 is 2.53 bits per heavy atom. The third-order valence-corrected chi connectivity index (χ3v) is 2.55. The second-order valence-electron chi connectivity index (χ2n) is 3.89. The minimum atomic E-state index is -4.51. The molecular formula is C11H8F3N3O2. The van der Waals surface area contributed by atoms with Crippen molar-refractivity contribution in [1.82, 2.24) is 9.55 Å². The molecule has 0 saturated heterocycles. The molecule has 0 aliphatic carbocycles. The molecule has 5 nitrogen and oxygen atoms in total. The van der Waals surface area contributed by atoms with Crippen molar-refractivity contribution < 1.29 is 18.1 Å². The molecule has 0 amide bonds. The van der Waals surface area contributed by atoms with Crippen molar-refractivity contribution in [3.63, 3.8) is 0 Å². The van der Waals surface area contributed by atoms with Crippen LogP contribution in [-0.4, -0.2) is 14.5 Å². The average Bonchev–Trinajstić information content (AvgIpc) is 2.76. The molecule has 0 atom stereocenters. The third kappa shape index (κ3) is 2.56. The number of hydrogen-bond donors (Lipinski definition) is 0. The van der Waals surface area contributed by atoms with Crippen LogP contribution in [0.15, 0.2) is 30.7 Å². The highest BCUT2D eigenvalue weighted by molar-refractivity contribution is 5.47. The highest BCUT2D eigenvalue weighted by atomic mass is 19.4. The Hall–Kier alpha value is -2.38. The van der Waals surface area contributed by atoms with Gasteiger partial charge in [0.1, 0.15) is 0 Å². The van der Waals surface area contributed by atoms with E-state index in [2.05, 4.69) is 4.98 Å². The second-order valence-corrected chi connectivity index (χ2v) is 3.89. The lowest BCUT2D eigenvalue weighted by Gasteiger charge is -2.04. The van der Waals surface area contributed by atoms with Gasteiger partial charge in [-0.2, -0.15) is 13.2 Å². The number of nitro groups is 1. The Labute approximate surface area is 105 Å². The number of nitrogens with zero attached hydrogens (tertiary/aromatic N) is 3. The molecule has 2 rings (SSSR count). The number of alkyl halides is 3. The molecule has 0 N–H and O–H groups in total. The summed E-state index contributed by atoms with van der Waals surface area (Å²) in [5.41, 5.74) is -0.348. The van der Waals surface area contributed by atoms with E-state index in [1.165, 1.54) is 29.7 Å². The predicted octanol–water partition coefficient (Wildman–Crippen LogP) is 3.11. The number of imidazole rings is 1. The van der Waals surface area contributed by atoms with E-state index in [1.54, 1.807) is 0 Å². The van der Waals surface area contributed by atoms with E-state index in [-0.39, 0.29) is 5.69 Å². The molecule has 0 bridgehead atoms. The summed E-state index contributed by atoms with van der Waals surface area (Å²) in [6, 6.07) is 4.05. The van der Waals surface area contributed by atoms with Crippen molar-refractivity contribution in [2.75, 3.05) is 0 Å². The molecule has 100 valence electrons. The maximum Gasteiger partial charge on any atom is 0.434 e. The Morgan fingerprint density at radius 2 is 2.05 bits per heavy atom. The van der Waals surface area contributed by atoms with Gasteiger partial charge in [-0.25, -0.2) is 4.98 Å². The Bertz CT molecular complexity index is 634. The smallest absolute Gasteiger partial charge is 0.306 e. The summed E-state index contributed by atoms with van der Waals surface area (Å²) in [6.45, 7) is 1.52. The molecular weight excluding hydrogens is 263 g/mol. The minimum Gasteiger partial charge on any atom is -0.306 e. The first-order valence-electron chi connectivity index (χ1n) is 5.15. The van der Waals surface area contributed by atoms with Gasteiger partial charge in [0.15, 0.2) is 5.69 Å². The fourth-order valence-electron chi connectivity index (χ4n) is 1.62. The van der Waals surface area contributed by atoms with Crippen molar-refractivity contribution in [2.45, 2.75) is 13.1 Å². The number of nitro benzene ring substituents is 1. The maximum absolute atomic E-state index is 12.4. The fourth-order valence-corrected chi connectivity index (χ4v) is 1.62. The van der Waals surface area contributed by atoms with Crippen LogP contribution in [-0.2, 0) is 6.18 Å². The van der Waals surface area contributed by atoms with Crippen LogP contribution in [0.2, 0.25) is 0 Å². The summed E-state index contributed by atoms with van der Waals surface area (Å²) in [5.74, 6) is 0. The second kappa shape index (κ2) is 4.38. The molecule has 1 heterocycles.